The average Bonchev–Trinajstić information content (AvgIpc) is 3.18. The minimum Gasteiger partial charge on any atom is -0.394 e. The Labute approximate surface area is 181 Å². The van der Waals surface area contributed by atoms with Crippen LogP contribution in [0.25, 0.3) is 0 Å². The molecule has 0 aliphatic rings. The zero-order chi connectivity index (χ0) is 23.9. The zero-order valence-electron chi connectivity index (χ0n) is 16.9. The van der Waals surface area contributed by atoms with E-state index in [4.69, 9.17) is 5.11 Å². The molecular weight excluding hydrogens is 459 g/mol. The number of nitrogens with one attached hydrogen (secondary N) is 4. The summed E-state index contributed by atoms with van der Waals surface area (Å²) in [5.74, 6) is -1.51. The molecule has 2 aromatic rings. The highest BCUT2D eigenvalue weighted by Gasteiger charge is 2.23. The molecule has 16 heteroatoms. The summed E-state index contributed by atoms with van der Waals surface area (Å²) in [5.41, 5.74) is -0.478. The lowest BCUT2D eigenvalue weighted by Crippen LogP contribution is -2.51. The van der Waals surface area contributed by atoms with Gasteiger partial charge < -0.3 is 10.4 Å². The van der Waals surface area contributed by atoms with Crippen molar-refractivity contribution in [3.63, 3.8) is 0 Å². The molecule has 0 aliphatic heterocycles. The molecule has 32 heavy (non-hydrogen) atoms. The number of alkyl halides is 2. The van der Waals surface area contributed by atoms with Gasteiger partial charge in [-0.1, -0.05) is 0 Å². The highest BCUT2D eigenvalue weighted by molar-refractivity contribution is 7.87. The van der Waals surface area contributed by atoms with Crippen LogP contribution in [-0.4, -0.2) is 60.1 Å². The predicted molar refractivity (Wildman–Crippen MR) is 106 cm³/mol. The summed E-state index contributed by atoms with van der Waals surface area (Å²) in [4.78, 5) is 3.89. The summed E-state index contributed by atoms with van der Waals surface area (Å²) in [6.07, 6.45) is -3.07. The first-order valence-electron chi connectivity index (χ1n) is 9.00. The van der Waals surface area contributed by atoms with E-state index in [0.29, 0.717) is 0 Å². The molecule has 0 saturated heterocycles. The largest absolute Gasteiger partial charge is 0.394 e. The molecule has 0 radical (unpaired) electrons. The first-order valence-corrected chi connectivity index (χ1v) is 10.5. The average molecular weight is 481 g/mol. The summed E-state index contributed by atoms with van der Waals surface area (Å²) in [6, 6.07) is 2.70. The van der Waals surface area contributed by atoms with Crippen LogP contribution in [0, 0.1) is 5.82 Å². The molecule has 12 nitrogen and oxygen atoms in total. The van der Waals surface area contributed by atoms with Crippen molar-refractivity contribution in [3.05, 3.63) is 35.3 Å². The van der Waals surface area contributed by atoms with Gasteiger partial charge >= 0.3 is 0 Å². The van der Waals surface area contributed by atoms with E-state index in [2.05, 4.69) is 34.7 Å². The molecule has 0 bridgehead atoms. The van der Waals surface area contributed by atoms with Crippen molar-refractivity contribution in [1.82, 2.24) is 25.2 Å². The molecule has 1 heterocycles. The Morgan fingerprint density at radius 3 is 2.62 bits per heavy atom. The van der Waals surface area contributed by atoms with Gasteiger partial charge in [0, 0.05) is 13.1 Å². The number of hydroxylamine groups is 1. The molecule has 0 atom stereocenters. The third-order valence-electron chi connectivity index (χ3n) is 3.79. The van der Waals surface area contributed by atoms with Crippen molar-refractivity contribution >= 4 is 27.6 Å². The number of rotatable bonds is 11. The molecule has 1 aromatic heterocycles. The minimum atomic E-state index is -3.91. The lowest BCUT2D eigenvalue weighted by atomic mass is 10.1. The molecule has 0 aliphatic carbocycles. The predicted octanol–water partition coefficient (Wildman–Crippen LogP) is 0.810. The molecule has 0 fully saturated rings. The van der Waals surface area contributed by atoms with Crippen LogP contribution in [0.2, 0.25) is 0 Å². The fourth-order valence-electron chi connectivity index (χ4n) is 2.29. The van der Waals surface area contributed by atoms with Crippen LogP contribution < -0.4 is 20.2 Å². The van der Waals surface area contributed by atoms with Crippen molar-refractivity contribution in [1.29, 1.82) is 0 Å². The van der Waals surface area contributed by atoms with Crippen molar-refractivity contribution < 1.29 is 36.5 Å². The van der Waals surface area contributed by atoms with Crippen molar-refractivity contribution in [2.75, 3.05) is 25.0 Å². The molecule has 1 aromatic carbocycles. The lowest BCUT2D eigenvalue weighted by molar-refractivity contribution is 0.146. The summed E-state index contributed by atoms with van der Waals surface area (Å²) in [7, 11) is -3.91. The standard InChI is InChI=1S/C16H22F3N7O5S/c1-16(2,8-27)26-32(29,30)21-6-5-20-14-12(24-31-25-14)15(23-28)22-9-3-4-11(17)10(7-9)13(18)19/h3-4,7,13,21,26-28H,5-6,8H2,1-2H3,(H,20,25)(H,22,23). The summed E-state index contributed by atoms with van der Waals surface area (Å²) in [6.45, 7) is 2.45. The van der Waals surface area contributed by atoms with Crippen LogP contribution in [0.5, 0.6) is 0 Å². The van der Waals surface area contributed by atoms with E-state index in [9.17, 15) is 26.8 Å². The topological polar surface area (TPSA) is 174 Å². The highest BCUT2D eigenvalue weighted by Crippen LogP contribution is 2.27. The first-order chi connectivity index (χ1) is 15.0. The molecule has 0 spiro atoms. The van der Waals surface area contributed by atoms with E-state index in [1.54, 1.807) is 5.48 Å². The second-order valence-electron chi connectivity index (χ2n) is 7.01. The van der Waals surface area contributed by atoms with Gasteiger partial charge in [0.2, 0.25) is 5.82 Å². The van der Waals surface area contributed by atoms with Crippen molar-refractivity contribution in [2.24, 2.45) is 4.99 Å². The molecular formula is C16H22F3N7O5S. The molecule has 6 N–H and O–H groups in total. The van der Waals surface area contributed by atoms with Gasteiger partial charge in [0.15, 0.2) is 11.5 Å². The van der Waals surface area contributed by atoms with E-state index in [-0.39, 0.29) is 36.1 Å². The Kier molecular flexibility index (Phi) is 8.51. The molecule has 0 unspecified atom stereocenters. The Hall–Kier alpha value is -2.79. The van der Waals surface area contributed by atoms with E-state index in [1.165, 1.54) is 13.8 Å². The van der Waals surface area contributed by atoms with Crippen LogP contribution in [0.1, 0.15) is 31.5 Å². The number of nitrogens with zero attached hydrogens (tertiary/aromatic N) is 3. The molecule has 2 rings (SSSR count). The Morgan fingerprint density at radius 1 is 1.28 bits per heavy atom. The van der Waals surface area contributed by atoms with Crippen molar-refractivity contribution in [2.45, 2.75) is 25.8 Å². The molecule has 0 amide bonds. The minimum absolute atomic E-state index is 0.00748. The number of aliphatic imine (C=N–C) groups is 1. The smallest absolute Gasteiger partial charge is 0.277 e. The number of anilines is 1. The van der Waals surface area contributed by atoms with Crippen molar-refractivity contribution in [3.8, 4) is 0 Å². The quantitative estimate of drug-likeness (QED) is 0.117. The summed E-state index contributed by atoms with van der Waals surface area (Å²) in [5, 5.41) is 28.3. The number of aliphatic hydroxyl groups is 1. The third kappa shape index (κ3) is 7.13. The van der Waals surface area contributed by atoms with Crippen LogP contribution in [0.3, 0.4) is 0 Å². The number of hydrogen-bond acceptors (Lipinski definition) is 9. The molecule has 0 saturated carbocycles. The second kappa shape index (κ2) is 10.7. The van der Waals surface area contributed by atoms with Crippen LogP contribution >= 0.6 is 0 Å². The third-order valence-corrected chi connectivity index (χ3v) is 5.20. The lowest BCUT2D eigenvalue weighted by Gasteiger charge is -2.23. The van der Waals surface area contributed by atoms with Crippen LogP contribution in [0.4, 0.5) is 24.7 Å². The number of halogens is 3. The van der Waals surface area contributed by atoms with E-state index < -0.39 is 40.2 Å². The number of amidine groups is 1. The van der Waals surface area contributed by atoms with E-state index >= 15 is 0 Å². The van der Waals surface area contributed by atoms with Gasteiger partial charge in [-0.15, -0.1) is 0 Å². The second-order valence-corrected chi connectivity index (χ2v) is 8.51. The van der Waals surface area contributed by atoms with E-state index in [1.807, 2.05) is 0 Å². The maximum atomic E-state index is 13.4. The van der Waals surface area contributed by atoms with Gasteiger partial charge in [0.25, 0.3) is 16.6 Å². The van der Waals surface area contributed by atoms with Gasteiger partial charge in [-0.25, -0.2) is 27.5 Å². The van der Waals surface area contributed by atoms with Gasteiger partial charge in [0.1, 0.15) is 5.82 Å². The Bertz CT molecular complexity index is 1050. The summed E-state index contributed by atoms with van der Waals surface area (Å²) >= 11 is 0. The van der Waals surface area contributed by atoms with E-state index in [0.717, 1.165) is 18.2 Å². The maximum absolute atomic E-state index is 13.4. The van der Waals surface area contributed by atoms with Gasteiger partial charge in [-0.3, -0.25) is 10.7 Å². The SMILES string of the molecule is CC(C)(CO)NS(=O)(=O)NCCNc1nonc1C(=Nc1ccc(F)c(C(F)F)c1)NO. The fourth-order valence-corrected chi connectivity index (χ4v) is 3.52. The van der Waals surface area contributed by atoms with Crippen LogP contribution in [0.15, 0.2) is 27.8 Å². The van der Waals surface area contributed by atoms with Gasteiger partial charge in [-0.2, -0.15) is 13.1 Å². The Balaban J connectivity index is 2.07. The van der Waals surface area contributed by atoms with Gasteiger partial charge in [0.05, 0.1) is 23.4 Å². The zero-order valence-corrected chi connectivity index (χ0v) is 17.8. The fraction of sp³-hybridized carbons (Fsp3) is 0.438. The number of aromatic nitrogens is 2. The monoisotopic (exact) mass is 481 g/mol. The van der Waals surface area contributed by atoms with Gasteiger partial charge in [-0.05, 0) is 42.4 Å². The number of aliphatic hydroxyl groups excluding tert-OH is 1. The maximum Gasteiger partial charge on any atom is 0.277 e. The first kappa shape index (κ1) is 25.5. The summed E-state index contributed by atoms with van der Waals surface area (Å²) < 4.78 is 72.1. The van der Waals surface area contributed by atoms with Crippen LogP contribution in [-0.2, 0) is 10.2 Å². The molecule has 178 valence electrons. The number of hydrogen-bond donors (Lipinski definition) is 6. The number of benzene rings is 1. The highest BCUT2D eigenvalue weighted by atomic mass is 32.2. The normalized spacial score (nSPS) is 12.9. The Morgan fingerprint density at radius 2 is 2.00 bits per heavy atom.